The van der Waals surface area contributed by atoms with E-state index < -0.39 is 5.97 Å². The number of rotatable bonds is 5. The zero-order chi connectivity index (χ0) is 19.2. The highest BCUT2D eigenvalue weighted by atomic mass is 35.5. The summed E-state index contributed by atoms with van der Waals surface area (Å²) in [7, 11) is 1.30. The predicted octanol–water partition coefficient (Wildman–Crippen LogP) is 4.97. The van der Waals surface area contributed by atoms with E-state index in [2.05, 4.69) is 10.1 Å². The summed E-state index contributed by atoms with van der Waals surface area (Å²) in [6.45, 7) is 0. The van der Waals surface area contributed by atoms with E-state index in [1.807, 2.05) is 54.6 Å². The number of halogens is 1. The van der Waals surface area contributed by atoms with Crippen LogP contribution in [0.4, 0.5) is 5.69 Å². The van der Waals surface area contributed by atoms with E-state index >= 15 is 0 Å². The summed E-state index contributed by atoms with van der Waals surface area (Å²) >= 11 is 6.11. The summed E-state index contributed by atoms with van der Waals surface area (Å²) < 4.78 is 4.68. The zero-order valence-electron chi connectivity index (χ0n) is 14.7. The molecule has 0 saturated heterocycles. The molecular formula is C22H18ClNO3. The van der Waals surface area contributed by atoms with Crippen molar-refractivity contribution in [2.75, 3.05) is 12.4 Å². The van der Waals surface area contributed by atoms with Crippen molar-refractivity contribution in [1.82, 2.24) is 0 Å². The number of hydrogen-bond acceptors (Lipinski definition) is 3. The van der Waals surface area contributed by atoms with Gasteiger partial charge in [-0.1, -0.05) is 66.2 Å². The van der Waals surface area contributed by atoms with Crippen LogP contribution in [-0.4, -0.2) is 19.0 Å². The SMILES string of the molecule is COC(=O)c1ccc(Cl)c(NC(=O)Cc2ccc(-c3ccccc3)cc2)c1. The first-order valence-electron chi connectivity index (χ1n) is 8.39. The molecule has 0 aliphatic rings. The topological polar surface area (TPSA) is 55.4 Å². The van der Waals surface area contributed by atoms with Crippen molar-refractivity contribution in [3.05, 3.63) is 88.9 Å². The average Bonchev–Trinajstić information content (AvgIpc) is 2.70. The van der Waals surface area contributed by atoms with Crippen LogP contribution in [0.25, 0.3) is 11.1 Å². The summed E-state index contributed by atoms with van der Waals surface area (Å²) in [4.78, 5) is 24.0. The summed E-state index contributed by atoms with van der Waals surface area (Å²) in [5.74, 6) is -0.704. The molecule has 5 heteroatoms. The Hall–Kier alpha value is -3.11. The van der Waals surface area contributed by atoms with E-state index in [0.717, 1.165) is 16.7 Å². The van der Waals surface area contributed by atoms with Crippen LogP contribution in [0, 0.1) is 0 Å². The van der Waals surface area contributed by atoms with Gasteiger partial charge in [0.25, 0.3) is 0 Å². The van der Waals surface area contributed by atoms with Gasteiger partial charge in [-0.05, 0) is 34.9 Å². The van der Waals surface area contributed by atoms with E-state index in [4.69, 9.17) is 11.6 Å². The van der Waals surface area contributed by atoms with Crippen LogP contribution >= 0.6 is 11.6 Å². The monoisotopic (exact) mass is 379 g/mol. The molecule has 0 aliphatic carbocycles. The molecule has 1 amide bonds. The normalized spacial score (nSPS) is 10.3. The third kappa shape index (κ3) is 4.74. The molecule has 1 N–H and O–H groups in total. The smallest absolute Gasteiger partial charge is 0.337 e. The lowest BCUT2D eigenvalue weighted by Gasteiger charge is -2.09. The molecule has 3 aromatic rings. The number of nitrogens with one attached hydrogen (secondary N) is 1. The van der Waals surface area contributed by atoms with Crippen LogP contribution in [-0.2, 0) is 16.0 Å². The number of amides is 1. The van der Waals surface area contributed by atoms with Gasteiger partial charge in [-0.25, -0.2) is 4.79 Å². The van der Waals surface area contributed by atoms with Gasteiger partial charge < -0.3 is 10.1 Å². The number of carbonyl (C=O) groups excluding carboxylic acids is 2. The summed E-state index contributed by atoms with van der Waals surface area (Å²) in [5.41, 5.74) is 3.80. The zero-order valence-corrected chi connectivity index (χ0v) is 15.5. The maximum atomic E-state index is 12.4. The minimum Gasteiger partial charge on any atom is -0.465 e. The first-order valence-corrected chi connectivity index (χ1v) is 8.76. The van der Waals surface area contributed by atoms with E-state index in [0.29, 0.717) is 16.3 Å². The van der Waals surface area contributed by atoms with Crippen LogP contribution in [0.15, 0.2) is 72.8 Å². The molecule has 3 aromatic carbocycles. The average molecular weight is 380 g/mol. The number of anilines is 1. The van der Waals surface area contributed by atoms with Gasteiger partial charge in [0.15, 0.2) is 0 Å². The second-order valence-corrected chi connectivity index (χ2v) is 6.38. The van der Waals surface area contributed by atoms with E-state index in [9.17, 15) is 9.59 Å². The van der Waals surface area contributed by atoms with Gasteiger partial charge in [-0.15, -0.1) is 0 Å². The maximum Gasteiger partial charge on any atom is 0.337 e. The molecular weight excluding hydrogens is 362 g/mol. The van der Waals surface area contributed by atoms with Gasteiger partial charge in [0.2, 0.25) is 5.91 Å². The lowest BCUT2D eigenvalue weighted by Crippen LogP contribution is -2.15. The van der Waals surface area contributed by atoms with Gasteiger partial charge in [-0.2, -0.15) is 0 Å². The summed E-state index contributed by atoms with van der Waals surface area (Å²) in [6.07, 6.45) is 0.202. The first-order chi connectivity index (χ1) is 13.1. The molecule has 136 valence electrons. The molecule has 0 unspecified atom stereocenters. The number of benzene rings is 3. The van der Waals surface area contributed by atoms with Gasteiger partial charge in [0, 0.05) is 0 Å². The highest BCUT2D eigenvalue weighted by Crippen LogP contribution is 2.24. The fourth-order valence-electron chi connectivity index (χ4n) is 2.69. The Balaban J connectivity index is 1.68. The second-order valence-electron chi connectivity index (χ2n) is 5.97. The van der Waals surface area contributed by atoms with Crippen molar-refractivity contribution < 1.29 is 14.3 Å². The molecule has 27 heavy (non-hydrogen) atoms. The number of esters is 1. The van der Waals surface area contributed by atoms with Crippen LogP contribution < -0.4 is 5.32 Å². The molecule has 0 radical (unpaired) electrons. The quantitative estimate of drug-likeness (QED) is 0.636. The van der Waals surface area contributed by atoms with Crippen molar-refractivity contribution in [2.45, 2.75) is 6.42 Å². The molecule has 0 atom stereocenters. The van der Waals surface area contributed by atoms with E-state index in [-0.39, 0.29) is 12.3 Å². The number of hydrogen-bond donors (Lipinski definition) is 1. The van der Waals surface area contributed by atoms with Gasteiger partial charge in [0.05, 0.1) is 29.8 Å². The van der Waals surface area contributed by atoms with Crippen molar-refractivity contribution in [3.8, 4) is 11.1 Å². The largest absolute Gasteiger partial charge is 0.465 e. The Morgan fingerprint density at radius 1 is 0.926 bits per heavy atom. The van der Waals surface area contributed by atoms with Crippen LogP contribution in [0.2, 0.25) is 5.02 Å². The molecule has 3 rings (SSSR count). The van der Waals surface area contributed by atoms with Crippen LogP contribution in [0.3, 0.4) is 0 Å². The molecule has 0 bridgehead atoms. The van der Waals surface area contributed by atoms with E-state index in [1.54, 1.807) is 12.1 Å². The van der Waals surface area contributed by atoms with Crippen LogP contribution in [0.1, 0.15) is 15.9 Å². The fourth-order valence-corrected chi connectivity index (χ4v) is 2.86. The number of ether oxygens (including phenoxy) is 1. The minimum absolute atomic E-state index is 0.202. The van der Waals surface area contributed by atoms with Crippen molar-refractivity contribution in [1.29, 1.82) is 0 Å². The molecule has 0 fully saturated rings. The Kier molecular flexibility index (Phi) is 5.89. The molecule has 0 aliphatic heterocycles. The third-order valence-electron chi connectivity index (χ3n) is 4.09. The fraction of sp³-hybridized carbons (Fsp3) is 0.0909. The van der Waals surface area contributed by atoms with Crippen molar-refractivity contribution >= 4 is 29.2 Å². The number of methoxy groups -OCH3 is 1. The lowest BCUT2D eigenvalue weighted by molar-refractivity contribution is -0.115. The lowest BCUT2D eigenvalue weighted by atomic mass is 10.0. The van der Waals surface area contributed by atoms with Crippen molar-refractivity contribution in [3.63, 3.8) is 0 Å². The third-order valence-corrected chi connectivity index (χ3v) is 4.42. The standard InChI is InChI=1S/C22H18ClNO3/c1-27-22(26)18-11-12-19(23)20(14-18)24-21(25)13-15-7-9-17(10-8-15)16-5-3-2-4-6-16/h2-12,14H,13H2,1H3,(H,24,25). The minimum atomic E-state index is -0.487. The Bertz CT molecular complexity index is 953. The molecule has 0 aromatic heterocycles. The highest BCUT2D eigenvalue weighted by molar-refractivity contribution is 6.33. The van der Waals surface area contributed by atoms with Gasteiger partial charge in [0.1, 0.15) is 0 Å². The first kappa shape index (κ1) is 18.7. The highest BCUT2D eigenvalue weighted by Gasteiger charge is 2.12. The molecule has 0 saturated carbocycles. The predicted molar refractivity (Wildman–Crippen MR) is 107 cm³/mol. The molecule has 0 heterocycles. The van der Waals surface area contributed by atoms with Crippen LogP contribution in [0.5, 0.6) is 0 Å². The Morgan fingerprint density at radius 2 is 1.59 bits per heavy atom. The maximum absolute atomic E-state index is 12.4. The molecule has 0 spiro atoms. The van der Waals surface area contributed by atoms with E-state index in [1.165, 1.54) is 13.2 Å². The number of carbonyl (C=O) groups is 2. The van der Waals surface area contributed by atoms with Gasteiger partial charge >= 0.3 is 5.97 Å². The summed E-state index contributed by atoms with van der Waals surface area (Å²) in [5, 5.41) is 3.10. The molecule has 4 nitrogen and oxygen atoms in total. The Morgan fingerprint density at radius 3 is 2.26 bits per heavy atom. The van der Waals surface area contributed by atoms with Gasteiger partial charge in [-0.3, -0.25) is 4.79 Å². The second kappa shape index (κ2) is 8.52. The summed E-state index contributed by atoms with van der Waals surface area (Å²) in [6, 6.07) is 22.5. The Labute approximate surface area is 162 Å². The van der Waals surface area contributed by atoms with Crippen molar-refractivity contribution in [2.24, 2.45) is 0 Å².